The van der Waals surface area contributed by atoms with Gasteiger partial charge in [0.1, 0.15) is 11.9 Å². The first-order valence-electron chi connectivity index (χ1n) is 6.88. The van der Waals surface area contributed by atoms with E-state index in [1.165, 1.54) is 24.5 Å². The normalized spacial score (nSPS) is 18.2. The van der Waals surface area contributed by atoms with E-state index in [4.69, 9.17) is 10.5 Å². The second-order valence-electron chi connectivity index (χ2n) is 4.95. The molecule has 0 radical (unpaired) electrons. The quantitative estimate of drug-likeness (QED) is 0.907. The van der Waals surface area contributed by atoms with Gasteiger partial charge in [-0.3, -0.25) is 4.79 Å². The lowest BCUT2D eigenvalue weighted by Crippen LogP contribution is -2.42. The van der Waals surface area contributed by atoms with E-state index >= 15 is 0 Å². The van der Waals surface area contributed by atoms with E-state index in [2.05, 4.69) is 9.97 Å². The zero-order valence-electron chi connectivity index (χ0n) is 11.8. The highest BCUT2D eigenvalue weighted by molar-refractivity contribution is 5.96. The van der Waals surface area contributed by atoms with E-state index in [-0.39, 0.29) is 29.3 Å². The summed E-state index contributed by atoms with van der Waals surface area (Å²) in [6.45, 7) is 1.21. The van der Waals surface area contributed by atoms with Crippen molar-refractivity contribution in [1.29, 1.82) is 0 Å². The number of benzene rings is 1. The van der Waals surface area contributed by atoms with Crippen LogP contribution in [0, 0.1) is 5.82 Å². The third kappa shape index (κ3) is 2.89. The maximum Gasteiger partial charge on any atom is 0.276 e. The Balaban J connectivity index is 1.77. The largest absolute Gasteiger partial charge is 0.382 e. The SMILES string of the molecule is Nc1nccnc1C(=O)N1CCO[C@H](c2ccc(F)cc2)C1. The van der Waals surface area contributed by atoms with Gasteiger partial charge in [0, 0.05) is 18.9 Å². The average Bonchev–Trinajstić information content (AvgIpc) is 2.55. The summed E-state index contributed by atoms with van der Waals surface area (Å²) < 4.78 is 18.7. The fraction of sp³-hybridized carbons (Fsp3) is 0.267. The monoisotopic (exact) mass is 302 g/mol. The lowest BCUT2D eigenvalue weighted by molar-refractivity contribution is -0.0230. The number of amides is 1. The van der Waals surface area contributed by atoms with E-state index in [9.17, 15) is 9.18 Å². The van der Waals surface area contributed by atoms with Gasteiger partial charge < -0.3 is 15.4 Å². The van der Waals surface area contributed by atoms with Gasteiger partial charge in [0.25, 0.3) is 5.91 Å². The highest BCUT2D eigenvalue weighted by atomic mass is 19.1. The topological polar surface area (TPSA) is 81.3 Å². The van der Waals surface area contributed by atoms with Crippen LogP contribution in [-0.2, 0) is 4.74 Å². The molecule has 0 aliphatic carbocycles. The molecule has 3 rings (SSSR count). The Kier molecular flexibility index (Phi) is 3.97. The molecule has 0 unspecified atom stereocenters. The molecule has 1 fully saturated rings. The van der Waals surface area contributed by atoms with Crippen LogP contribution in [0.1, 0.15) is 22.2 Å². The predicted octanol–water partition coefficient (Wildman–Crippen LogP) is 1.41. The molecular weight excluding hydrogens is 287 g/mol. The van der Waals surface area contributed by atoms with Crippen molar-refractivity contribution in [3.63, 3.8) is 0 Å². The molecule has 1 aliphatic rings. The molecule has 2 aromatic rings. The molecule has 6 nitrogen and oxygen atoms in total. The Morgan fingerprint density at radius 3 is 2.73 bits per heavy atom. The summed E-state index contributed by atoms with van der Waals surface area (Å²) in [5.74, 6) is -0.474. The van der Waals surface area contributed by atoms with Crippen LogP contribution in [-0.4, -0.2) is 40.5 Å². The predicted molar refractivity (Wildman–Crippen MR) is 77.4 cm³/mol. The van der Waals surface area contributed by atoms with Crippen molar-refractivity contribution >= 4 is 11.7 Å². The van der Waals surface area contributed by atoms with Crippen LogP contribution in [0.25, 0.3) is 0 Å². The first kappa shape index (κ1) is 14.4. The molecule has 22 heavy (non-hydrogen) atoms. The summed E-state index contributed by atoms with van der Waals surface area (Å²) in [4.78, 5) is 22.0. The summed E-state index contributed by atoms with van der Waals surface area (Å²) >= 11 is 0. The number of carbonyl (C=O) groups excluding carboxylic acids is 1. The highest BCUT2D eigenvalue weighted by Gasteiger charge is 2.28. The van der Waals surface area contributed by atoms with Crippen LogP contribution in [0.4, 0.5) is 10.2 Å². The fourth-order valence-corrected chi connectivity index (χ4v) is 2.38. The van der Waals surface area contributed by atoms with Crippen molar-refractivity contribution in [2.24, 2.45) is 0 Å². The first-order chi connectivity index (χ1) is 10.6. The summed E-state index contributed by atoms with van der Waals surface area (Å²) in [7, 11) is 0. The molecular formula is C15H15FN4O2. The Bertz CT molecular complexity index is 677. The molecule has 0 saturated carbocycles. The van der Waals surface area contributed by atoms with Crippen LogP contribution in [0.15, 0.2) is 36.7 Å². The number of anilines is 1. The van der Waals surface area contributed by atoms with Gasteiger partial charge >= 0.3 is 0 Å². The molecule has 1 atom stereocenters. The molecule has 2 N–H and O–H groups in total. The summed E-state index contributed by atoms with van der Waals surface area (Å²) in [5.41, 5.74) is 6.66. The molecule has 1 amide bonds. The van der Waals surface area contributed by atoms with Crippen LogP contribution in [0.5, 0.6) is 0 Å². The molecule has 0 bridgehead atoms. The van der Waals surface area contributed by atoms with Crippen molar-refractivity contribution in [3.05, 3.63) is 53.7 Å². The lowest BCUT2D eigenvalue weighted by Gasteiger charge is -2.33. The third-order valence-corrected chi connectivity index (χ3v) is 3.52. The Labute approximate surface area is 126 Å². The number of ether oxygens (including phenoxy) is 1. The zero-order chi connectivity index (χ0) is 15.5. The highest BCUT2D eigenvalue weighted by Crippen LogP contribution is 2.23. The number of carbonyl (C=O) groups is 1. The molecule has 1 saturated heterocycles. The van der Waals surface area contributed by atoms with Gasteiger partial charge in [0.05, 0.1) is 13.2 Å². The van der Waals surface area contributed by atoms with Crippen LogP contribution in [0.3, 0.4) is 0 Å². The smallest absolute Gasteiger partial charge is 0.276 e. The molecule has 7 heteroatoms. The van der Waals surface area contributed by atoms with Crippen molar-refractivity contribution in [3.8, 4) is 0 Å². The number of nitrogen functional groups attached to an aromatic ring is 1. The fourth-order valence-electron chi connectivity index (χ4n) is 2.38. The Morgan fingerprint density at radius 2 is 2.00 bits per heavy atom. The molecule has 2 heterocycles. The Morgan fingerprint density at radius 1 is 1.27 bits per heavy atom. The van der Waals surface area contributed by atoms with Gasteiger partial charge in [0.2, 0.25) is 0 Å². The Hall–Kier alpha value is -2.54. The van der Waals surface area contributed by atoms with Crippen molar-refractivity contribution in [2.75, 3.05) is 25.4 Å². The van der Waals surface area contributed by atoms with Gasteiger partial charge in [-0.2, -0.15) is 0 Å². The van der Waals surface area contributed by atoms with Crippen LogP contribution >= 0.6 is 0 Å². The molecule has 1 aromatic heterocycles. The van der Waals surface area contributed by atoms with E-state index in [0.717, 1.165) is 5.56 Å². The zero-order valence-corrected chi connectivity index (χ0v) is 11.8. The molecule has 1 aliphatic heterocycles. The van der Waals surface area contributed by atoms with Crippen LogP contribution < -0.4 is 5.73 Å². The van der Waals surface area contributed by atoms with Crippen molar-refractivity contribution in [1.82, 2.24) is 14.9 Å². The van der Waals surface area contributed by atoms with Crippen molar-refractivity contribution < 1.29 is 13.9 Å². The number of aromatic nitrogens is 2. The minimum Gasteiger partial charge on any atom is -0.382 e. The number of hydrogen-bond donors (Lipinski definition) is 1. The van der Waals surface area contributed by atoms with E-state index < -0.39 is 0 Å². The maximum absolute atomic E-state index is 13.0. The lowest BCUT2D eigenvalue weighted by atomic mass is 10.1. The molecule has 0 spiro atoms. The third-order valence-electron chi connectivity index (χ3n) is 3.52. The van der Waals surface area contributed by atoms with Gasteiger partial charge in [0.15, 0.2) is 11.5 Å². The van der Waals surface area contributed by atoms with Gasteiger partial charge in [-0.05, 0) is 17.7 Å². The maximum atomic E-state index is 13.0. The van der Waals surface area contributed by atoms with Gasteiger partial charge in [-0.1, -0.05) is 12.1 Å². The van der Waals surface area contributed by atoms with E-state index in [1.54, 1.807) is 17.0 Å². The van der Waals surface area contributed by atoms with Gasteiger partial charge in [-0.25, -0.2) is 14.4 Å². The van der Waals surface area contributed by atoms with E-state index in [1.807, 2.05) is 0 Å². The number of nitrogens with two attached hydrogens (primary N) is 1. The second-order valence-corrected chi connectivity index (χ2v) is 4.95. The standard InChI is InChI=1S/C15H15FN4O2/c16-11-3-1-10(2-4-11)12-9-20(7-8-22-12)15(21)13-14(17)19-6-5-18-13/h1-6,12H,7-9H2,(H2,17,19)/t12-/m0/s1. The minimum atomic E-state index is -0.306. The average molecular weight is 302 g/mol. The van der Waals surface area contributed by atoms with Gasteiger partial charge in [-0.15, -0.1) is 0 Å². The van der Waals surface area contributed by atoms with Crippen molar-refractivity contribution in [2.45, 2.75) is 6.10 Å². The number of halogens is 1. The molecule has 114 valence electrons. The van der Waals surface area contributed by atoms with Crippen LogP contribution in [0.2, 0.25) is 0 Å². The summed E-state index contributed by atoms with van der Waals surface area (Å²) in [5, 5.41) is 0. The number of morpholine rings is 1. The molecule has 1 aromatic carbocycles. The second kappa shape index (κ2) is 6.07. The summed E-state index contributed by atoms with van der Waals surface area (Å²) in [6.07, 6.45) is 2.57. The number of hydrogen-bond acceptors (Lipinski definition) is 5. The first-order valence-corrected chi connectivity index (χ1v) is 6.88. The summed E-state index contributed by atoms with van der Waals surface area (Å²) in [6, 6.07) is 6.07. The number of rotatable bonds is 2. The minimum absolute atomic E-state index is 0.109. The van der Waals surface area contributed by atoms with E-state index in [0.29, 0.717) is 19.7 Å². The number of nitrogens with zero attached hydrogens (tertiary/aromatic N) is 3.